The summed E-state index contributed by atoms with van der Waals surface area (Å²) in [6.45, 7) is 2.76. The third-order valence-corrected chi connectivity index (χ3v) is 9.45. The lowest BCUT2D eigenvalue weighted by Gasteiger charge is -2.59. The summed E-state index contributed by atoms with van der Waals surface area (Å²) in [5.74, 6) is 4.08. The Morgan fingerprint density at radius 2 is 1.97 bits per heavy atom. The molecule has 5 saturated carbocycles. The van der Waals surface area contributed by atoms with Gasteiger partial charge in [-0.05, 0) is 87.3 Å². The van der Waals surface area contributed by atoms with Crippen LogP contribution in [0.3, 0.4) is 0 Å². The molecule has 1 aromatic carbocycles. The monoisotopic (exact) mass is 531 g/mol. The van der Waals surface area contributed by atoms with Crippen molar-refractivity contribution in [3.8, 4) is 0 Å². The first-order valence-corrected chi connectivity index (χ1v) is 14.3. The van der Waals surface area contributed by atoms with E-state index in [0.717, 1.165) is 55.7 Å². The maximum atomic E-state index is 13.2. The predicted octanol–water partition coefficient (Wildman–Crippen LogP) is 5.31. The van der Waals surface area contributed by atoms with E-state index in [1.807, 2.05) is 31.5 Å². The van der Waals surface area contributed by atoms with Gasteiger partial charge in [0.25, 0.3) is 0 Å². The number of imidazole rings is 1. The largest absolute Gasteiger partial charge is 0.365 e. The first kappa shape index (κ1) is 23.9. The average Bonchev–Trinajstić information content (AvgIpc) is 3.62. The van der Waals surface area contributed by atoms with Crippen LogP contribution in [0.2, 0.25) is 5.02 Å². The van der Waals surface area contributed by atoms with Gasteiger partial charge >= 0.3 is 0 Å². The van der Waals surface area contributed by atoms with Crippen LogP contribution in [0.5, 0.6) is 0 Å². The van der Waals surface area contributed by atoms with Crippen LogP contribution in [-0.4, -0.2) is 37.5 Å². The van der Waals surface area contributed by atoms with Crippen LogP contribution in [-0.2, 0) is 11.3 Å². The number of halogens is 1. The molecule has 0 radical (unpaired) electrons. The first-order chi connectivity index (χ1) is 18.4. The van der Waals surface area contributed by atoms with Crippen molar-refractivity contribution in [2.75, 3.05) is 10.6 Å². The summed E-state index contributed by atoms with van der Waals surface area (Å²) < 4.78 is 2.12. The van der Waals surface area contributed by atoms with Crippen LogP contribution < -0.4 is 16.0 Å². The highest BCUT2D eigenvalue weighted by Crippen LogP contribution is 2.60. The number of nitrogens with one attached hydrogen (secondary N) is 3. The lowest BCUT2D eigenvalue weighted by atomic mass is 9.47. The van der Waals surface area contributed by atoms with Crippen molar-refractivity contribution in [1.29, 1.82) is 0 Å². The zero-order valence-corrected chi connectivity index (χ0v) is 22.4. The standard InChI is InChI=1S/C29H34ClN7O/c1-17-31-7-8-37(17)16-18-3-2-4-23(11-18)34-28-32-15-24(30)26(36-28)35-25-20-9-19-10-21(25)14-29(12-19,13-20)27(38)33-22-5-6-22/h2-4,7-8,11,15,19-22,25H,5-6,9-10,12-14,16H2,1H3,(H,33,38)(H2,32,34,35,36). The van der Waals surface area contributed by atoms with Gasteiger partial charge in [0, 0.05) is 36.7 Å². The zero-order chi connectivity index (χ0) is 25.9. The molecule has 198 valence electrons. The van der Waals surface area contributed by atoms with E-state index < -0.39 is 0 Å². The Balaban J connectivity index is 1.06. The van der Waals surface area contributed by atoms with Crippen molar-refractivity contribution in [2.45, 2.75) is 70.5 Å². The van der Waals surface area contributed by atoms with Crippen LogP contribution in [0.1, 0.15) is 56.3 Å². The van der Waals surface area contributed by atoms with Crippen molar-refractivity contribution in [3.05, 3.63) is 59.3 Å². The topological polar surface area (TPSA) is 96.8 Å². The van der Waals surface area contributed by atoms with Crippen LogP contribution in [0.15, 0.2) is 42.9 Å². The van der Waals surface area contributed by atoms with Gasteiger partial charge in [0.05, 0.1) is 11.6 Å². The van der Waals surface area contributed by atoms with E-state index in [4.69, 9.17) is 16.6 Å². The smallest absolute Gasteiger partial charge is 0.229 e. The van der Waals surface area contributed by atoms with Gasteiger partial charge in [-0.3, -0.25) is 4.79 Å². The van der Waals surface area contributed by atoms with Crippen LogP contribution >= 0.6 is 11.6 Å². The molecule has 0 spiro atoms. The Hall–Kier alpha value is -3.13. The number of carbonyl (C=O) groups is 1. The summed E-state index contributed by atoms with van der Waals surface area (Å²) >= 11 is 6.59. The van der Waals surface area contributed by atoms with Gasteiger partial charge < -0.3 is 20.5 Å². The number of hydrogen-bond acceptors (Lipinski definition) is 6. The highest BCUT2D eigenvalue weighted by Gasteiger charge is 2.58. The molecule has 4 bridgehead atoms. The van der Waals surface area contributed by atoms with E-state index in [1.54, 1.807) is 6.20 Å². The molecule has 5 aliphatic carbocycles. The van der Waals surface area contributed by atoms with E-state index >= 15 is 0 Å². The van der Waals surface area contributed by atoms with Crippen molar-refractivity contribution in [2.24, 2.45) is 23.2 Å². The molecule has 0 aliphatic heterocycles. The predicted molar refractivity (Wildman–Crippen MR) is 147 cm³/mol. The minimum atomic E-state index is -0.167. The Morgan fingerprint density at radius 1 is 1.16 bits per heavy atom. The molecule has 5 fully saturated rings. The van der Waals surface area contributed by atoms with Crippen molar-refractivity contribution in [1.82, 2.24) is 24.8 Å². The Morgan fingerprint density at radius 3 is 2.71 bits per heavy atom. The van der Waals surface area contributed by atoms with Gasteiger partial charge in [-0.1, -0.05) is 23.7 Å². The molecule has 3 N–H and O–H groups in total. The molecule has 2 atom stereocenters. The third kappa shape index (κ3) is 4.53. The molecule has 1 amide bonds. The quantitative estimate of drug-likeness (QED) is 0.364. The second-order valence-corrected chi connectivity index (χ2v) is 12.4. The molecular formula is C29H34ClN7O. The molecule has 8 rings (SSSR count). The molecule has 2 heterocycles. The average molecular weight is 532 g/mol. The van der Waals surface area contributed by atoms with Gasteiger partial charge in [-0.15, -0.1) is 0 Å². The highest BCUT2D eigenvalue weighted by atomic mass is 35.5. The van der Waals surface area contributed by atoms with Crippen LogP contribution in [0.25, 0.3) is 0 Å². The van der Waals surface area contributed by atoms with E-state index in [2.05, 4.69) is 42.6 Å². The van der Waals surface area contributed by atoms with Crippen LogP contribution in [0, 0.1) is 30.1 Å². The number of rotatable bonds is 8. The Labute approximate surface area is 228 Å². The second kappa shape index (κ2) is 9.26. The molecule has 8 nitrogen and oxygen atoms in total. The number of amides is 1. The zero-order valence-electron chi connectivity index (χ0n) is 21.7. The van der Waals surface area contributed by atoms with Crippen molar-refractivity contribution in [3.63, 3.8) is 0 Å². The molecule has 2 unspecified atom stereocenters. The number of anilines is 3. The van der Waals surface area contributed by atoms with Gasteiger partial charge in [-0.25, -0.2) is 9.97 Å². The van der Waals surface area contributed by atoms with Gasteiger partial charge in [0.1, 0.15) is 10.8 Å². The Bertz CT molecular complexity index is 1350. The lowest BCUT2D eigenvalue weighted by molar-refractivity contribution is -0.147. The summed E-state index contributed by atoms with van der Waals surface area (Å²) in [6, 6.07) is 8.96. The fourth-order valence-corrected chi connectivity index (χ4v) is 7.58. The second-order valence-electron chi connectivity index (χ2n) is 12.0. The number of hydrogen-bond donors (Lipinski definition) is 3. The number of benzene rings is 1. The highest BCUT2D eigenvalue weighted by molar-refractivity contribution is 6.32. The summed E-state index contributed by atoms with van der Waals surface area (Å²) in [5, 5.41) is 10.9. The molecule has 0 saturated heterocycles. The minimum Gasteiger partial charge on any atom is -0.365 e. The Kier molecular flexibility index (Phi) is 5.83. The number of aryl methyl sites for hydroxylation is 1. The summed E-state index contributed by atoms with van der Waals surface area (Å²) in [4.78, 5) is 26.8. The SMILES string of the molecule is Cc1nccn1Cc1cccc(Nc2ncc(Cl)c(NC3C4CC5CC3CC(C(=O)NC3CC3)(C5)C4)n2)c1. The maximum absolute atomic E-state index is 13.2. The van der Waals surface area contributed by atoms with Gasteiger partial charge in [0.15, 0.2) is 5.82 Å². The van der Waals surface area contributed by atoms with Crippen molar-refractivity contribution >= 4 is 35.0 Å². The summed E-state index contributed by atoms with van der Waals surface area (Å²) in [6.07, 6.45) is 13.1. The number of aromatic nitrogens is 4. The fourth-order valence-electron chi connectivity index (χ4n) is 7.43. The first-order valence-electron chi connectivity index (χ1n) is 13.9. The van der Waals surface area contributed by atoms with Gasteiger partial charge in [-0.2, -0.15) is 4.98 Å². The molecule has 9 heteroatoms. The number of carbonyl (C=O) groups excluding carboxylic acids is 1. The van der Waals surface area contributed by atoms with Crippen LogP contribution in [0.4, 0.5) is 17.5 Å². The molecule has 5 aliphatic rings. The van der Waals surface area contributed by atoms with E-state index in [9.17, 15) is 4.79 Å². The van der Waals surface area contributed by atoms with Gasteiger partial charge in [0.2, 0.25) is 11.9 Å². The summed E-state index contributed by atoms with van der Waals surface area (Å²) in [7, 11) is 0. The molecule has 3 aromatic rings. The van der Waals surface area contributed by atoms with E-state index in [0.29, 0.717) is 46.5 Å². The van der Waals surface area contributed by atoms with E-state index in [1.165, 1.54) is 12.8 Å². The van der Waals surface area contributed by atoms with E-state index in [-0.39, 0.29) is 11.5 Å². The normalized spacial score (nSPS) is 29.3. The molecule has 38 heavy (non-hydrogen) atoms. The maximum Gasteiger partial charge on any atom is 0.229 e. The fraction of sp³-hybridized carbons (Fsp3) is 0.517. The lowest BCUT2D eigenvalue weighted by Crippen LogP contribution is -2.60. The van der Waals surface area contributed by atoms with Crippen molar-refractivity contribution < 1.29 is 4.79 Å². The third-order valence-electron chi connectivity index (χ3n) is 9.17. The number of nitrogens with zero attached hydrogens (tertiary/aromatic N) is 4. The molecule has 2 aromatic heterocycles. The molecular weight excluding hydrogens is 498 g/mol. The minimum absolute atomic E-state index is 0.167. The summed E-state index contributed by atoms with van der Waals surface area (Å²) in [5.41, 5.74) is 1.92.